The Morgan fingerprint density at radius 3 is 2.38 bits per heavy atom. The number of carbonyl (C=O) groups is 2. The van der Waals surface area contributed by atoms with Crippen molar-refractivity contribution in [3.63, 3.8) is 0 Å². The van der Waals surface area contributed by atoms with Crippen LogP contribution in [0.3, 0.4) is 0 Å². The summed E-state index contributed by atoms with van der Waals surface area (Å²) in [5.74, 6) is -1.39. The van der Waals surface area contributed by atoms with Crippen LogP contribution in [0, 0.1) is 0 Å². The monoisotopic (exact) mass is 377 g/mol. The fourth-order valence-electron chi connectivity index (χ4n) is 2.11. The number of hydrogen-bond donors (Lipinski definition) is 3. The van der Waals surface area contributed by atoms with E-state index in [1.54, 1.807) is 0 Å². The summed E-state index contributed by atoms with van der Waals surface area (Å²) in [6, 6.07) is 6.89. The van der Waals surface area contributed by atoms with Gasteiger partial charge in [0.1, 0.15) is 10.5 Å². The molecular weight excluding hydrogens is 358 g/mol. The van der Waals surface area contributed by atoms with Gasteiger partial charge in [0.25, 0.3) is 0 Å². The van der Waals surface area contributed by atoms with Crippen molar-refractivity contribution in [1.82, 2.24) is 4.98 Å². The molecule has 0 radical (unpaired) electrons. The molecule has 1 heterocycles. The van der Waals surface area contributed by atoms with Gasteiger partial charge in [0.05, 0.1) is 10.6 Å². The van der Waals surface area contributed by atoms with E-state index in [4.69, 9.17) is 0 Å². The summed E-state index contributed by atoms with van der Waals surface area (Å²) < 4.78 is 23.7. The quantitative estimate of drug-likeness (QED) is 0.684. The number of nitrogens with zero attached hydrogens (tertiary/aromatic N) is 1. The van der Waals surface area contributed by atoms with Crippen molar-refractivity contribution in [2.45, 2.75) is 30.4 Å². The molecule has 0 fully saturated rings. The molecule has 0 aliphatic carbocycles. The van der Waals surface area contributed by atoms with Crippen molar-refractivity contribution in [2.24, 2.45) is 0 Å². The lowest BCUT2D eigenvalue weighted by atomic mass is 10.2. The van der Waals surface area contributed by atoms with Gasteiger partial charge in [-0.2, -0.15) is 0 Å². The third kappa shape index (κ3) is 3.83. The number of aromatic hydroxyl groups is 1. The van der Waals surface area contributed by atoms with Crippen molar-refractivity contribution in [3.8, 4) is 5.75 Å². The van der Waals surface area contributed by atoms with E-state index in [0.717, 1.165) is 0 Å². The second kappa shape index (κ2) is 7.12. The maximum Gasteiger partial charge on any atom is 0.245 e. The highest BCUT2D eigenvalue weighted by molar-refractivity contribution is 7.93. The molecule has 0 unspecified atom stereocenters. The lowest BCUT2D eigenvalue weighted by molar-refractivity contribution is -0.118. The molecule has 0 aliphatic heterocycles. The fourth-order valence-corrected chi connectivity index (χ4v) is 3.45. The maximum absolute atomic E-state index is 12.7. The molecule has 9 heteroatoms. The number of sulfone groups is 1. The second-order valence-corrected chi connectivity index (χ2v) is 8.57. The van der Waals surface area contributed by atoms with Gasteiger partial charge < -0.3 is 15.7 Å². The van der Waals surface area contributed by atoms with Crippen LogP contribution >= 0.6 is 0 Å². The number of phenols is 1. The summed E-state index contributed by atoms with van der Waals surface area (Å²) in [7, 11) is -3.99. The zero-order chi connectivity index (χ0) is 19.5. The first kappa shape index (κ1) is 19.4. The Labute approximate surface area is 151 Å². The number of carbonyl (C=O) groups excluding carboxylic acids is 2. The summed E-state index contributed by atoms with van der Waals surface area (Å²) in [5, 5.41) is 14.8. The van der Waals surface area contributed by atoms with E-state index in [1.807, 2.05) is 0 Å². The number of phenolic OH excluding ortho intramolecular Hbond substituents is 1. The Balaban J connectivity index is 2.26. The van der Waals surface area contributed by atoms with Crippen LogP contribution < -0.4 is 10.6 Å². The first-order valence-corrected chi connectivity index (χ1v) is 9.11. The van der Waals surface area contributed by atoms with Crippen LogP contribution in [0.4, 0.5) is 11.4 Å². The molecule has 26 heavy (non-hydrogen) atoms. The van der Waals surface area contributed by atoms with E-state index in [0.29, 0.717) is 0 Å². The van der Waals surface area contributed by atoms with Gasteiger partial charge in [-0.15, -0.1) is 0 Å². The summed E-state index contributed by atoms with van der Waals surface area (Å²) >= 11 is 0. The Morgan fingerprint density at radius 1 is 1.15 bits per heavy atom. The predicted molar refractivity (Wildman–Crippen MR) is 96.5 cm³/mol. The van der Waals surface area contributed by atoms with Crippen LogP contribution in [-0.4, -0.2) is 35.1 Å². The molecule has 3 N–H and O–H groups in total. The van der Waals surface area contributed by atoms with Gasteiger partial charge in [-0.25, -0.2) is 8.42 Å². The number of amides is 2. The first-order valence-electron chi connectivity index (χ1n) is 7.62. The standard InChI is InChI=1S/C17H19N3O5S/c1-11(21)19-14-7-6-12(9-15(14)22)20-16(23)17(2,3)26(24,25)13-5-4-8-18-10-13/h4-10,22H,1-3H3,(H,19,21)(H,20,23). The molecular formula is C17H19N3O5S. The number of benzene rings is 1. The van der Waals surface area contributed by atoms with Crippen molar-refractivity contribution in [2.75, 3.05) is 10.6 Å². The average molecular weight is 377 g/mol. The number of hydrogen-bond acceptors (Lipinski definition) is 6. The van der Waals surface area contributed by atoms with Crippen molar-refractivity contribution in [1.29, 1.82) is 0 Å². The third-order valence-corrected chi connectivity index (χ3v) is 6.12. The molecule has 0 atom stereocenters. The Kier molecular flexibility index (Phi) is 5.31. The summed E-state index contributed by atoms with van der Waals surface area (Å²) in [4.78, 5) is 27.3. The molecule has 2 rings (SSSR count). The highest BCUT2D eigenvalue weighted by atomic mass is 32.2. The summed E-state index contributed by atoms with van der Waals surface area (Å²) in [6.07, 6.45) is 2.61. The Hall–Kier alpha value is -2.94. The SMILES string of the molecule is CC(=O)Nc1ccc(NC(=O)C(C)(C)S(=O)(=O)c2cccnc2)cc1O. The van der Waals surface area contributed by atoms with Crippen LogP contribution in [0.25, 0.3) is 0 Å². The maximum atomic E-state index is 12.7. The number of aromatic nitrogens is 1. The van der Waals surface area contributed by atoms with E-state index in [2.05, 4.69) is 15.6 Å². The van der Waals surface area contributed by atoms with E-state index >= 15 is 0 Å². The normalized spacial score (nSPS) is 11.7. The van der Waals surface area contributed by atoms with Gasteiger partial charge in [-0.3, -0.25) is 14.6 Å². The molecule has 0 bridgehead atoms. The van der Waals surface area contributed by atoms with Gasteiger partial charge in [-0.1, -0.05) is 0 Å². The fraction of sp³-hybridized carbons (Fsp3) is 0.235. The van der Waals surface area contributed by atoms with Crippen molar-refractivity contribution < 1.29 is 23.1 Å². The molecule has 0 aliphatic rings. The lowest BCUT2D eigenvalue weighted by Gasteiger charge is -2.23. The van der Waals surface area contributed by atoms with Gasteiger partial charge in [0, 0.05) is 31.1 Å². The lowest BCUT2D eigenvalue weighted by Crippen LogP contribution is -2.44. The van der Waals surface area contributed by atoms with Crippen molar-refractivity contribution in [3.05, 3.63) is 42.7 Å². The van der Waals surface area contributed by atoms with Crippen molar-refractivity contribution >= 4 is 33.0 Å². The summed E-state index contributed by atoms with van der Waals surface area (Å²) in [5.41, 5.74) is 0.369. The van der Waals surface area contributed by atoms with E-state index in [9.17, 15) is 23.1 Å². The Bertz CT molecular complexity index is 940. The van der Waals surface area contributed by atoms with Crippen LogP contribution in [0.5, 0.6) is 5.75 Å². The topological polar surface area (TPSA) is 125 Å². The van der Waals surface area contributed by atoms with Crippen LogP contribution in [-0.2, 0) is 19.4 Å². The smallest absolute Gasteiger partial charge is 0.245 e. The van der Waals surface area contributed by atoms with E-state index < -0.39 is 20.5 Å². The van der Waals surface area contributed by atoms with Gasteiger partial charge in [-0.05, 0) is 38.1 Å². The molecule has 1 aromatic carbocycles. The number of pyridine rings is 1. The highest BCUT2D eigenvalue weighted by Gasteiger charge is 2.43. The summed E-state index contributed by atoms with van der Waals surface area (Å²) in [6.45, 7) is 3.87. The van der Waals surface area contributed by atoms with E-state index in [-0.39, 0.29) is 27.9 Å². The molecule has 0 spiro atoms. The molecule has 2 amide bonds. The second-order valence-electron chi connectivity index (χ2n) is 6.07. The minimum atomic E-state index is -3.99. The minimum Gasteiger partial charge on any atom is -0.506 e. The molecule has 0 saturated carbocycles. The molecule has 138 valence electrons. The predicted octanol–water partition coefficient (Wildman–Crippen LogP) is 1.94. The number of rotatable bonds is 5. The Morgan fingerprint density at radius 2 is 1.85 bits per heavy atom. The van der Waals surface area contributed by atoms with Gasteiger partial charge in [0.2, 0.25) is 11.8 Å². The van der Waals surface area contributed by atoms with Crippen LogP contribution in [0.15, 0.2) is 47.6 Å². The largest absolute Gasteiger partial charge is 0.506 e. The zero-order valence-corrected chi connectivity index (χ0v) is 15.3. The third-order valence-electron chi connectivity index (χ3n) is 3.73. The average Bonchev–Trinajstić information content (AvgIpc) is 2.57. The van der Waals surface area contributed by atoms with Crippen LogP contribution in [0.1, 0.15) is 20.8 Å². The number of anilines is 2. The molecule has 8 nitrogen and oxygen atoms in total. The highest BCUT2D eigenvalue weighted by Crippen LogP contribution is 2.29. The van der Waals surface area contributed by atoms with E-state index in [1.165, 1.54) is 63.5 Å². The van der Waals surface area contributed by atoms with Crippen LogP contribution in [0.2, 0.25) is 0 Å². The number of nitrogens with one attached hydrogen (secondary N) is 2. The molecule has 1 aromatic heterocycles. The van der Waals surface area contributed by atoms with Gasteiger partial charge in [0.15, 0.2) is 9.84 Å². The first-order chi connectivity index (χ1) is 12.1. The minimum absolute atomic E-state index is 0.0657. The van der Waals surface area contributed by atoms with Gasteiger partial charge >= 0.3 is 0 Å². The zero-order valence-electron chi connectivity index (χ0n) is 14.5. The molecule has 2 aromatic rings. The molecule has 0 saturated heterocycles.